The molecule has 0 bridgehead atoms. The molecule has 1 atom stereocenters. The summed E-state index contributed by atoms with van der Waals surface area (Å²) >= 11 is 1.87. The molecular weight excluding hydrogens is 266 g/mol. The number of thiophene rings is 1. The summed E-state index contributed by atoms with van der Waals surface area (Å²) in [4.78, 5) is 1.49. The second kappa shape index (κ2) is 8.16. The molecule has 20 heavy (non-hydrogen) atoms. The molecule has 1 aliphatic rings. The van der Waals surface area contributed by atoms with Crippen LogP contribution in [0.1, 0.15) is 56.7 Å². The fraction of sp³-hybridized carbons (Fsp3) is 0.765. The van der Waals surface area contributed by atoms with Gasteiger partial charge in [-0.15, -0.1) is 11.3 Å². The molecule has 114 valence electrons. The van der Waals surface area contributed by atoms with E-state index in [0.717, 1.165) is 13.0 Å². The van der Waals surface area contributed by atoms with E-state index in [2.05, 4.69) is 36.8 Å². The first kappa shape index (κ1) is 16.0. The highest BCUT2D eigenvalue weighted by Crippen LogP contribution is 2.35. The molecule has 0 spiro atoms. The van der Waals surface area contributed by atoms with Gasteiger partial charge in [0.25, 0.3) is 0 Å². The van der Waals surface area contributed by atoms with Crippen molar-refractivity contribution in [1.82, 2.24) is 5.32 Å². The Balaban J connectivity index is 2.03. The van der Waals surface area contributed by atoms with Crippen molar-refractivity contribution in [3.05, 3.63) is 22.4 Å². The third-order valence-electron chi connectivity index (χ3n) is 4.62. The Morgan fingerprint density at radius 3 is 2.60 bits per heavy atom. The lowest BCUT2D eigenvalue weighted by Gasteiger charge is -2.40. The summed E-state index contributed by atoms with van der Waals surface area (Å²) in [5.41, 5.74) is 0.0667. The van der Waals surface area contributed by atoms with E-state index in [1.54, 1.807) is 0 Å². The molecule has 1 aromatic rings. The fourth-order valence-corrected chi connectivity index (χ4v) is 4.34. The van der Waals surface area contributed by atoms with Crippen LogP contribution in [-0.2, 0) is 11.2 Å². The Morgan fingerprint density at radius 1 is 1.30 bits per heavy atom. The van der Waals surface area contributed by atoms with Crippen LogP contribution in [0.4, 0.5) is 0 Å². The molecule has 1 aliphatic carbocycles. The lowest BCUT2D eigenvalue weighted by Crippen LogP contribution is -2.51. The molecular formula is C17H29NOS. The molecule has 2 nitrogen and oxygen atoms in total. The molecule has 3 heteroatoms. The van der Waals surface area contributed by atoms with E-state index in [1.807, 2.05) is 11.3 Å². The van der Waals surface area contributed by atoms with Gasteiger partial charge in [-0.3, -0.25) is 0 Å². The van der Waals surface area contributed by atoms with E-state index in [1.165, 1.54) is 49.8 Å². The number of hydrogen-bond donors (Lipinski definition) is 1. The number of ether oxygens (including phenoxy) is 1. The first-order chi connectivity index (χ1) is 9.80. The Labute approximate surface area is 127 Å². The summed E-state index contributed by atoms with van der Waals surface area (Å²) in [6.45, 7) is 2.97. The minimum Gasteiger partial charge on any atom is -0.374 e. The molecule has 2 rings (SSSR count). The first-order valence-electron chi connectivity index (χ1n) is 8.14. The molecule has 1 aromatic heterocycles. The average molecular weight is 295 g/mol. The summed E-state index contributed by atoms with van der Waals surface area (Å²) < 4.78 is 6.31. The van der Waals surface area contributed by atoms with Crippen LogP contribution in [0.15, 0.2) is 17.5 Å². The van der Waals surface area contributed by atoms with Crippen LogP contribution in [-0.4, -0.2) is 25.3 Å². The van der Waals surface area contributed by atoms with Crippen molar-refractivity contribution >= 4 is 11.3 Å². The predicted molar refractivity (Wildman–Crippen MR) is 87.5 cm³/mol. The fourth-order valence-electron chi connectivity index (χ4n) is 3.62. The Kier molecular flexibility index (Phi) is 6.53. The Hall–Kier alpha value is -0.380. The van der Waals surface area contributed by atoms with Crippen LogP contribution in [0.25, 0.3) is 0 Å². The predicted octanol–water partition coefficient (Wildman–Crippen LogP) is 4.40. The Morgan fingerprint density at radius 2 is 2.05 bits per heavy atom. The highest BCUT2D eigenvalue weighted by molar-refractivity contribution is 7.09. The van der Waals surface area contributed by atoms with Crippen molar-refractivity contribution in [3.63, 3.8) is 0 Å². The minimum absolute atomic E-state index is 0.0667. The smallest absolute Gasteiger partial charge is 0.0834 e. The summed E-state index contributed by atoms with van der Waals surface area (Å²) in [5.74, 6) is 0. The van der Waals surface area contributed by atoms with Crippen LogP contribution in [0.2, 0.25) is 0 Å². The summed E-state index contributed by atoms with van der Waals surface area (Å²) in [5, 5.41) is 5.74. The normalized spacial score (nSPS) is 20.5. The maximum absolute atomic E-state index is 6.31. The number of nitrogens with one attached hydrogen (secondary N) is 1. The lowest BCUT2D eigenvalue weighted by atomic mass is 9.83. The van der Waals surface area contributed by atoms with Crippen LogP contribution >= 0.6 is 11.3 Å². The number of likely N-dealkylation sites (N-methyl/N-ethyl adjacent to an activating group) is 1. The zero-order valence-electron chi connectivity index (χ0n) is 13.0. The van der Waals surface area contributed by atoms with Crippen LogP contribution in [0.5, 0.6) is 0 Å². The van der Waals surface area contributed by atoms with E-state index >= 15 is 0 Å². The molecule has 0 saturated heterocycles. The number of aryl methyl sites for hydroxylation is 1. The highest BCUT2D eigenvalue weighted by atomic mass is 32.1. The van der Waals surface area contributed by atoms with Crippen molar-refractivity contribution in [2.75, 3.05) is 13.7 Å². The molecule has 1 heterocycles. The molecule has 0 radical (unpaired) electrons. The van der Waals surface area contributed by atoms with Crippen molar-refractivity contribution in [3.8, 4) is 0 Å². The second-order valence-corrected chi connectivity index (χ2v) is 6.90. The van der Waals surface area contributed by atoms with Gasteiger partial charge in [0, 0.05) is 17.5 Å². The molecule has 1 N–H and O–H groups in total. The second-order valence-electron chi connectivity index (χ2n) is 5.87. The van der Waals surface area contributed by atoms with Crippen molar-refractivity contribution in [2.45, 2.75) is 69.9 Å². The molecule has 0 aromatic carbocycles. The first-order valence-corrected chi connectivity index (χ1v) is 9.02. The van der Waals surface area contributed by atoms with Crippen LogP contribution in [0.3, 0.4) is 0 Å². The summed E-state index contributed by atoms with van der Waals surface area (Å²) in [6.07, 6.45) is 10.2. The quantitative estimate of drug-likeness (QED) is 0.753. The topological polar surface area (TPSA) is 21.3 Å². The average Bonchev–Trinajstić information content (AvgIpc) is 2.86. The summed E-state index contributed by atoms with van der Waals surface area (Å²) in [6, 6.07) is 4.87. The molecule has 1 saturated carbocycles. The largest absolute Gasteiger partial charge is 0.374 e. The van der Waals surface area contributed by atoms with E-state index in [-0.39, 0.29) is 5.60 Å². The number of hydrogen-bond acceptors (Lipinski definition) is 3. The zero-order chi connectivity index (χ0) is 14.3. The van der Waals surface area contributed by atoms with Gasteiger partial charge in [0.2, 0.25) is 0 Å². The van der Waals surface area contributed by atoms with E-state index in [9.17, 15) is 0 Å². The van der Waals surface area contributed by atoms with Gasteiger partial charge in [0.1, 0.15) is 0 Å². The van der Waals surface area contributed by atoms with Gasteiger partial charge in [-0.2, -0.15) is 0 Å². The SMILES string of the molecule is CCOC1(C(CCc2cccs2)NC)CCCCCC1. The van der Waals surface area contributed by atoms with Crippen molar-refractivity contribution in [1.29, 1.82) is 0 Å². The number of rotatable bonds is 7. The van der Waals surface area contributed by atoms with E-state index in [4.69, 9.17) is 4.74 Å². The van der Waals surface area contributed by atoms with Crippen molar-refractivity contribution < 1.29 is 4.74 Å². The van der Waals surface area contributed by atoms with Crippen LogP contribution in [0, 0.1) is 0 Å². The molecule has 1 fully saturated rings. The lowest BCUT2D eigenvalue weighted by molar-refractivity contribution is -0.0769. The summed E-state index contributed by atoms with van der Waals surface area (Å²) in [7, 11) is 2.10. The van der Waals surface area contributed by atoms with Crippen molar-refractivity contribution in [2.24, 2.45) is 0 Å². The monoisotopic (exact) mass is 295 g/mol. The minimum atomic E-state index is 0.0667. The van der Waals surface area contributed by atoms with Gasteiger partial charge < -0.3 is 10.1 Å². The third-order valence-corrected chi connectivity index (χ3v) is 5.56. The zero-order valence-corrected chi connectivity index (χ0v) is 13.8. The molecule has 1 unspecified atom stereocenters. The molecule has 0 aliphatic heterocycles. The van der Waals surface area contributed by atoms with Crippen LogP contribution < -0.4 is 5.32 Å². The third kappa shape index (κ3) is 4.06. The van der Waals surface area contributed by atoms with Gasteiger partial charge >= 0.3 is 0 Å². The van der Waals surface area contributed by atoms with Gasteiger partial charge in [0.05, 0.1) is 5.60 Å². The maximum Gasteiger partial charge on any atom is 0.0834 e. The standard InChI is InChI=1S/C17H29NOS/c1-3-19-17(12-6-4-5-7-13-17)16(18-2)11-10-15-9-8-14-20-15/h8-9,14,16,18H,3-7,10-13H2,1-2H3. The van der Waals surface area contributed by atoms with Gasteiger partial charge in [-0.25, -0.2) is 0 Å². The van der Waals surface area contributed by atoms with E-state index < -0.39 is 0 Å². The Bertz CT molecular complexity index is 355. The van der Waals surface area contributed by atoms with Gasteiger partial charge in [-0.05, 0) is 51.1 Å². The van der Waals surface area contributed by atoms with Gasteiger partial charge in [0.15, 0.2) is 0 Å². The molecule has 0 amide bonds. The van der Waals surface area contributed by atoms with Gasteiger partial charge in [-0.1, -0.05) is 31.7 Å². The van der Waals surface area contributed by atoms with E-state index in [0.29, 0.717) is 6.04 Å². The highest BCUT2D eigenvalue weighted by Gasteiger charge is 2.38. The maximum atomic E-state index is 6.31.